The molecule has 1 atom stereocenters. The van der Waals surface area contributed by atoms with Crippen LogP contribution in [0.25, 0.3) is 0 Å². The molecule has 0 aliphatic heterocycles. The van der Waals surface area contributed by atoms with Crippen molar-refractivity contribution in [2.75, 3.05) is 13.2 Å². The smallest absolute Gasteiger partial charge is 0.330 e. The molecule has 2 aromatic rings. The van der Waals surface area contributed by atoms with Crippen LogP contribution in [0.1, 0.15) is 104 Å². The van der Waals surface area contributed by atoms with E-state index in [1.165, 1.54) is 23.3 Å². The molecule has 0 bridgehead atoms. The first-order valence-corrected chi connectivity index (χ1v) is 14.6. The summed E-state index contributed by atoms with van der Waals surface area (Å²) in [5.41, 5.74) is 2.62. The summed E-state index contributed by atoms with van der Waals surface area (Å²) in [6, 6.07) is 17.1. The minimum absolute atomic E-state index is 0.0887. The maximum Gasteiger partial charge on any atom is 0.330 e. The molecule has 0 aromatic heterocycles. The van der Waals surface area contributed by atoms with Gasteiger partial charge < -0.3 is 18.9 Å². The van der Waals surface area contributed by atoms with E-state index >= 15 is 0 Å². The van der Waals surface area contributed by atoms with Gasteiger partial charge in [0, 0.05) is 30.4 Å². The molecule has 0 heterocycles. The highest BCUT2D eigenvalue weighted by Gasteiger charge is 2.28. The van der Waals surface area contributed by atoms with Crippen LogP contribution in [0.15, 0.2) is 73.8 Å². The van der Waals surface area contributed by atoms with E-state index in [1.807, 2.05) is 48.5 Å². The van der Waals surface area contributed by atoms with Crippen LogP contribution in [0.2, 0.25) is 0 Å². The SMILES string of the molecule is C=CC(=O)OC(C)(C)CCOC(C)c1ccc(C(C)(C)c2ccc(C(C)(C)OCCC(C)(C)OC(=O)C=C)cc2)cc1. The Morgan fingerprint density at radius 2 is 1.10 bits per heavy atom. The summed E-state index contributed by atoms with van der Waals surface area (Å²) in [7, 11) is 0. The molecule has 0 amide bonds. The van der Waals surface area contributed by atoms with Crippen molar-refractivity contribution in [3.05, 3.63) is 96.1 Å². The molecule has 2 rings (SSSR count). The molecule has 6 heteroatoms. The highest BCUT2D eigenvalue weighted by Crippen LogP contribution is 2.34. The number of carbonyl (C=O) groups excluding carboxylic acids is 2. The van der Waals surface area contributed by atoms with Crippen molar-refractivity contribution in [2.45, 2.75) is 103 Å². The average molecular weight is 579 g/mol. The molecule has 0 radical (unpaired) electrons. The quantitative estimate of drug-likeness (QED) is 0.148. The number of esters is 2. The third kappa shape index (κ3) is 10.2. The minimum atomic E-state index is -0.631. The maximum atomic E-state index is 11.6. The minimum Gasteiger partial charge on any atom is -0.456 e. The van der Waals surface area contributed by atoms with Gasteiger partial charge in [-0.3, -0.25) is 0 Å². The van der Waals surface area contributed by atoms with Crippen LogP contribution in [-0.2, 0) is 39.6 Å². The summed E-state index contributed by atoms with van der Waals surface area (Å²) in [5.74, 6) is -0.859. The molecular weight excluding hydrogens is 528 g/mol. The van der Waals surface area contributed by atoms with Gasteiger partial charge in [0.05, 0.1) is 24.9 Å². The van der Waals surface area contributed by atoms with Crippen LogP contribution in [0.3, 0.4) is 0 Å². The molecule has 0 N–H and O–H groups in total. The first-order chi connectivity index (χ1) is 19.4. The van der Waals surface area contributed by atoms with E-state index in [2.05, 4.69) is 75.5 Å². The second kappa shape index (κ2) is 14.3. The molecule has 0 spiro atoms. The predicted molar refractivity (Wildman–Crippen MR) is 168 cm³/mol. The molecule has 6 nitrogen and oxygen atoms in total. The van der Waals surface area contributed by atoms with Crippen molar-refractivity contribution in [3.8, 4) is 0 Å². The van der Waals surface area contributed by atoms with Crippen molar-refractivity contribution in [1.29, 1.82) is 0 Å². The Hall–Kier alpha value is -3.22. The lowest BCUT2D eigenvalue weighted by atomic mass is 9.77. The van der Waals surface area contributed by atoms with Gasteiger partial charge >= 0.3 is 11.9 Å². The largest absolute Gasteiger partial charge is 0.456 e. The van der Waals surface area contributed by atoms with Crippen molar-refractivity contribution in [2.24, 2.45) is 0 Å². The lowest BCUT2D eigenvalue weighted by Gasteiger charge is -2.31. The molecular formula is C36H50O6. The summed E-state index contributed by atoms with van der Waals surface area (Å²) in [6.45, 7) is 25.9. The average Bonchev–Trinajstić information content (AvgIpc) is 2.92. The van der Waals surface area contributed by atoms with Crippen LogP contribution in [0, 0.1) is 0 Å². The Kier molecular flexibility index (Phi) is 11.9. The number of hydrogen-bond acceptors (Lipinski definition) is 6. The van der Waals surface area contributed by atoms with Gasteiger partial charge in [-0.05, 0) is 70.7 Å². The van der Waals surface area contributed by atoms with Gasteiger partial charge in [-0.1, -0.05) is 75.5 Å². The maximum absolute atomic E-state index is 11.6. The summed E-state index contributed by atoms with van der Waals surface area (Å²) in [4.78, 5) is 23.1. The van der Waals surface area contributed by atoms with Gasteiger partial charge in [0.25, 0.3) is 0 Å². The summed E-state index contributed by atoms with van der Waals surface area (Å²) < 4.78 is 23.1. The molecule has 230 valence electrons. The number of rotatable bonds is 16. The fourth-order valence-electron chi connectivity index (χ4n) is 4.57. The van der Waals surface area contributed by atoms with Crippen LogP contribution in [0.4, 0.5) is 0 Å². The van der Waals surface area contributed by atoms with Crippen molar-refractivity contribution in [3.63, 3.8) is 0 Å². The first kappa shape index (κ1) is 35.0. The Balaban J connectivity index is 2.00. The predicted octanol–water partition coefficient (Wildman–Crippen LogP) is 8.14. The van der Waals surface area contributed by atoms with Gasteiger partial charge in [0.15, 0.2) is 0 Å². The highest BCUT2D eigenvalue weighted by atomic mass is 16.6. The lowest BCUT2D eigenvalue weighted by Crippen LogP contribution is -2.31. The van der Waals surface area contributed by atoms with E-state index in [0.29, 0.717) is 26.1 Å². The molecule has 0 fully saturated rings. The van der Waals surface area contributed by atoms with Gasteiger partial charge in [-0.25, -0.2) is 9.59 Å². The fraction of sp³-hybridized carbons (Fsp3) is 0.500. The Bertz CT molecular complexity index is 1200. The van der Waals surface area contributed by atoms with Gasteiger partial charge in [-0.15, -0.1) is 0 Å². The molecule has 1 unspecified atom stereocenters. The summed E-state index contributed by atoms with van der Waals surface area (Å²) in [5, 5.41) is 0. The molecule has 0 aliphatic rings. The number of hydrogen-bond donors (Lipinski definition) is 0. The second-order valence-electron chi connectivity index (χ2n) is 13.0. The third-order valence-corrected chi connectivity index (χ3v) is 7.73. The van der Waals surface area contributed by atoms with Crippen molar-refractivity contribution < 1.29 is 28.5 Å². The fourth-order valence-corrected chi connectivity index (χ4v) is 4.57. The Morgan fingerprint density at radius 1 is 0.690 bits per heavy atom. The van der Waals surface area contributed by atoms with Crippen molar-refractivity contribution in [1.82, 2.24) is 0 Å². The summed E-state index contributed by atoms with van der Waals surface area (Å²) >= 11 is 0. The number of ether oxygens (including phenoxy) is 4. The third-order valence-electron chi connectivity index (χ3n) is 7.73. The zero-order chi connectivity index (χ0) is 31.8. The monoisotopic (exact) mass is 578 g/mol. The number of benzene rings is 2. The van der Waals surface area contributed by atoms with E-state index in [-0.39, 0.29) is 11.5 Å². The van der Waals surface area contributed by atoms with Gasteiger partial charge in [0.1, 0.15) is 11.2 Å². The van der Waals surface area contributed by atoms with E-state index in [4.69, 9.17) is 18.9 Å². The van der Waals surface area contributed by atoms with E-state index in [9.17, 15) is 9.59 Å². The zero-order valence-electron chi connectivity index (χ0n) is 27.0. The van der Waals surface area contributed by atoms with E-state index < -0.39 is 28.7 Å². The van der Waals surface area contributed by atoms with Crippen LogP contribution in [0.5, 0.6) is 0 Å². The van der Waals surface area contributed by atoms with Crippen LogP contribution < -0.4 is 0 Å². The number of carbonyl (C=O) groups is 2. The van der Waals surface area contributed by atoms with Crippen LogP contribution >= 0.6 is 0 Å². The van der Waals surface area contributed by atoms with Gasteiger partial charge in [-0.2, -0.15) is 0 Å². The standard InChI is InChI=1S/C36H50O6/c1-12-31(37)41-33(4,5)22-24-39-26(3)27-14-16-28(17-15-27)35(8,9)29-18-20-30(21-19-29)36(10,11)40-25-23-34(6,7)42-32(38)13-2/h12-21,26H,1-2,22-25H2,3-11H3. The van der Waals surface area contributed by atoms with E-state index in [0.717, 1.165) is 11.1 Å². The Morgan fingerprint density at radius 3 is 1.55 bits per heavy atom. The first-order valence-electron chi connectivity index (χ1n) is 14.6. The topological polar surface area (TPSA) is 71.1 Å². The van der Waals surface area contributed by atoms with Crippen LogP contribution in [-0.4, -0.2) is 36.4 Å². The molecule has 0 aliphatic carbocycles. The van der Waals surface area contributed by atoms with E-state index in [1.54, 1.807) is 0 Å². The molecule has 0 saturated heterocycles. The van der Waals surface area contributed by atoms with Crippen molar-refractivity contribution >= 4 is 11.9 Å². The second-order valence-corrected chi connectivity index (χ2v) is 13.0. The molecule has 42 heavy (non-hydrogen) atoms. The molecule has 2 aromatic carbocycles. The molecule has 0 saturated carbocycles. The lowest BCUT2D eigenvalue weighted by molar-refractivity contribution is -0.153. The zero-order valence-corrected chi connectivity index (χ0v) is 27.0. The summed E-state index contributed by atoms with van der Waals surface area (Å²) in [6.07, 6.45) is 3.42. The normalized spacial score (nSPS) is 13.3. The Labute approximate surface area is 253 Å². The highest BCUT2D eigenvalue weighted by molar-refractivity contribution is 5.81. The van der Waals surface area contributed by atoms with Gasteiger partial charge in [0.2, 0.25) is 0 Å².